The summed E-state index contributed by atoms with van der Waals surface area (Å²) in [4.78, 5) is 64.4. The van der Waals surface area contributed by atoms with E-state index in [0.29, 0.717) is 16.7 Å². The number of aryl methyl sites for hydroxylation is 1. The fourth-order valence-electron chi connectivity index (χ4n) is 4.78. The van der Waals surface area contributed by atoms with Gasteiger partial charge in [-0.1, -0.05) is 72.8 Å². The van der Waals surface area contributed by atoms with Crippen LogP contribution in [0.2, 0.25) is 0 Å². The summed E-state index contributed by atoms with van der Waals surface area (Å²) < 4.78 is 5.53. The Morgan fingerprint density at radius 1 is 0.875 bits per heavy atom. The number of rotatable bonds is 8. The molecule has 4 aromatic rings. The summed E-state index contributed by atoms with van der Waals surface area (Å²) in [5.74, 6) is -5.30. The Morgan fingerprint density at radius 2 is 1.52 bits per heavy atom. The van der Waals surface area contributed by atoms with E-state index >= 15 is 0 Å². The smallest absolute Gasteiger partial charge is 0.339 e. The van der Waals surface area contributed by atoms with E-state index in [2.05, 4.69) is 5.32 Å². The van der Waals surface area contributed by atoms with Gasteiger partial charge in [-0.25, -0.2) is 4.79 Å². The number of hydrogen-bond donors (Lipinski definition) is 1. The summed E-state index contributed by atoms with van der Waals surface area (Å²) in [6.07, 6.45) is -1.32. The van der Waals surface area contributed by atoms with Crippen molar-refractivity contribution in [2.75, 3.05) is 5.32 Å². The first-order chi connectivity index (χ1) is 19.3. The molecule has 0 saturated carbocycles. The van der Waals surface area contributed by atoms with Crippen LogP contribution >= 0.6 is 0 Å². The van der Waals surface area contributed by atoms with Gasteiger partial charge in [-0.05, 0) is 35.7 Å². The molecule has 1 aliphatic heterocycles. The number of nitro groups is 1. The summed E-state index contributed by atoms with van der Waals surface area (Å²) in [5.41, 5.74) is 2.35. The fourth-order valence-corrected chi connectivity index (χ4v) is 4.78. The number of cyclic esters (lactones) is 1. The summed E-state index contributed by atoms with van der Waals surface area (Å²) in [6.45, 7) is 1.54. The van der Waals surface area contributed by atoms with Crippen molar-refractivity contribution in [3.05, 3.63) is 129 Å². The van der Waals surface area contributed by atoms with Crippen molar-refractivity contribution < 1.29 is 28.8 Å². The molecule has 0 fully saturated rings. The molecule has 1 N–H and O–H groups in total. The van der Waals surface area contributed by atoms with E-state index in [0.717, 1.165) is 5.56 Å². The number of ether oxygens (including phenoxy) is 1. The topological polar surface area (TPSA) is 133 Å². The summed E-state index contributed by atoms with van der Waals surface area (Å²) in [5, 5.41) is 13.5. The standard InChI is InChI=1S/C31H22N2O7/c1-18-17-20(33(38)39)15-16-25(18)32-30(36)28(35)26(29-23-13-7-8-14-24(23)31(37)40-29)27(34)22-12-6-5-11-21(22)19-9-3-2-4-10-19/h2-17,26,29H,1H3,(H,32,36)/t26-,29-/m1/s1. The van der Waals surface area contributed by atoms with Crippen molar-refractivity contribution in [3.8, 4) is 11.1 Å². The lowest BCUT2D eigenvalue weighted by Gasteiger charge is -2.22. The van der Waals surface area contributed by atoms with Gasteiger partial charge in [-0.2, -0.15) is 0 Å². The normalized spacial score (nSPS) is 14.5. The first kappa shape index (κ1) is 26.2. The third kappa shape index (κ3) is 4.88. The maximum Gasteiger partial charge on any atom is 0.339 e. The fraction of sp³-hybridized carbons (Fsp3) is 0.0968. The number of carbonyl (C=O) groups excluding carboxylic acids is 4. The average Bonchev–Trinajstić information content (AvgIpc) is 3.30. The molecular weight excluding hydrogens is 512 g/mol. The van der Waals surface area contributed by atoms with E-state index in [1.54, 1.807) is 49.4 Å². The molecule has 9 nitrogen and oxygen atoms in total. The molecule has 1 amide bonds. The number of benzene rings is 4. The molecule has 1 aliphatic rings. The molecule has 40 heavy (non-hydrogen) atoms. The molecule has 198 valence electrons. The highest BCUT2D eigenvalue weighted by Gasteiger charge is 2.46. The van der Waals surface area contributed by atoms with Gasteiger partial charge in [-0.15, -0.1) is 0 Å². The number of Topliss-reactive ketones (excluding diaryl/α,β-unsaturated/α-hetero) is 2. The van der Waals surface area contributed by atoms with Gasteiger partial charge >= 0.3 is 5.97 Å². The van der Waals surface area contributed by atoms with E-state index < -0.39 is 40.4 Å². The van der Waals surface area contributed by atoms with Gasteiger partial charge in [-0.3, -0.25) is 24.5 Å². The third-order valence-electron chi connectivity index (χ3n) is 6.76. The highest BCUT2D eigenvalue weighted by molar-refractivity contribution is 6.45. The molecule has 5 rings (SSSR count). The Morgan fingerprint density at radius 3 is 2.23 bits per heavy atom. The van der Waals surface area contributed by atoms with Gasteiger partial charge in [0.05, 0.1) is 10.5 Å². The minimum absolute atomic E-state index is 0.170. The number of esters is 1. The zero-order chi connectivity index (χ0) is 28.4. The minimum atomic E-state index is -1.68. The molecule has 0 saturated heterocycles. The number of nitrogens with zero attached hydrogens (tertiary/aromatic N) is 1. The Kier molecular flexibility index (Phi) is 7.03. The van der Waals surface area contributed by atoms with Gasteiger partial charge in [0.25, 0.3) is 11.6 Å². The summed E-state index contributed by atoms with van der Waals surface area (Å²) in [7, 11) is 0. The average molecular weight is 535 g/mol. The quantitative estimate of drug-likeness (QED) is 0.0789. The lowest BCUT2D eigenvalue weighted by atomic mass is 9.82. The van der Waals surface area contributed by atoms with E-state index in [-0.39, 0.29) is 22.5 Å². The van der Waals surface area contributed by atoms with Crippen LogP contribution in [0.15, 0.2) is 97.1 Å². The van der Waals surface area contributed by atoms with Crippen LogP contribution in [-0.4, -0.2) is 28.4 Å². The molecule has 9 heteroatoms. The van der Waals surface area contributed by atoms with Gasteiger partial charge in [0.2, 0.25) is 5.78 Å². The molecule has 4 aromatic carbocycles. The van der Waals surface area contributed by atoms with Crippen molar-refractivity contribution in [2.24, 2.45) is 5.92 Å². The van der Waals surface area contributed by atoms with Crippen LogP contribution in [0.4, 0.5) is 11.4 Å². The summed E-state index contributed by atoms with van der Waals surface area (Å²) >= 11 is 0. The van der Waals surface area contributed by atoms with Crippen LogP contribution in [0.5, 0.6) is 0 Å². The Hall–Kier alpha value is -5.44. The molecule has 0 radical (unpaired) electrons. The summed E-state index contributed by atoms with van der Waals surface area (Å²) in [6, 6.07) is 26.0. The van der Waals surface area contributed by atoms with Crippen molar-refractivity contribution in [2.45, 2.75) is 13.0 Å². The van der Waals surface area contributed by atoms with E-state index in [9.17, 15) is 29.3 Å². The number of non-ortho nitro benzene ring substituents is 1. The maximum atomic E-state index is 14.2. The number of ketones is 2. The van der Waals surface area contributed by atoms with Crippen LogP contribution in [-0.2, 0) is 14.3 Å². The SMILES string of the molecule is Cc1cc([N+](=O)[O-])ccc1NC(=O)C(=O)[C@@H](C(=O)c1ccccc1-c1ccccc1)[C@@H]1OC(=O)c2ccccc21. The lowest BCUT2D eigenvalue weighted by Crippen LogP contribution is -2.38. The number of anilines is 1. The van der Waals surface area contributed by atoms with Crippen LogP contribution in [0, 0.1) is 23.0 Å². The molecule has 0 spiro atoms. The van der Waals surface area contributed by atoms with Crippen LogP contribution < -0.4 is 5.32 Å². The molecular formula is C31H22N2O7. The molecule has 2 atom stereocenters. The zero-order valence-corrected chi connectivity index (χ0v) is 21.2. The number of carbonyl (C=O) groups is 4. The van der Waals surface area contributed by atoms with Crippen LogP contribution in [0.1, 0.15) is 37.9 Å². The monoisotopic (exact) mass is 534 g/mol. The van der Waals surface area contributed by atoms with Crippen LogP contribution in [0.25, 0.3) is 11.1 Å². The molecule has 1 heterocycles. The molecule has 0 bridgehead atoms. The van der Waals surface area contributed by atoms with Crippen molar-refractivity contribution in [1.82, 2.24) is 0 Å². The van der Waals surface area contributed by atoms with E-state index in [4.69, 9.17) is 4.74 Å². The van der Waals surface area contributed by atoms with Gasteiger partial charge in [0.1, 0.15) is 12.0 Å². The molecule has 0 unspecified atom stereocenters. The zero-order valence-electron chi connectivity index (χ0n) is 21.2. The van der Waals surface area contributed by atoms with Crippen LogP contribution in [0.3, 0.4) is 0 Å². The minimum Gasteiger partial charge on any atom is -0.453 e. The number of nitro benzene ring substituents is 1. The van der Waals surface area contributed by atoms with E-state index in [1.807, 2.05) is 30.3 Å². The number of hydrogen-bond acceptors (Lipinski definition) is 7. The first-order valence-corrected chi connectivity index (χ1v) is 12.3. The Bertz CT molecular complexity index is 1680. The van der Waals surface area contributed by atoms with Gasteiger partial charge in [0, 0.05) is 28.9 Å². The first-order valence-electron chi connectivity index (χ1n) is 12.3. The number of amides is 1. The highest BCUT2D eigenvalue weighted by Crippen LogP contribution is 2.39. The highest BCUT2D eigenvalue weighted by atomic mass is 16.6. The Labute approximate surface area is 228 Å². The van der Waals surface area contributed by atoms with Crippen molar-refractivity contribution in [1.29, 1.82) is 0 Å². The lowest BCUT2D eigenvalue weighted by molar-refractivity contribution is -0.384. The second kappa shape index (κ2) is 10.7. The van der Waals surface area contributed by atoms with Gasteiger partial charge in [0.15, 0.2) is 5.78 Å². The second-order valence-corrected chi connectivity index (χ2v) is 9.24. The molecule has 0 aliphatic carbocycles. The Balaban J connectivity index is 1.56. The van der Waals surface area contributed by atoms with E-state index in [1.165, 1.54) is 24.3 Å². The van der Waals surface area contributed by atoms with Crippen molar-refractivity contribution in [3.63, 3.8) is 0 Å². The largest absolute Gasteiger partial charge is 0.453 e. The predicted molar refractivity (Wildman–Crippen MR) is 146 cm³/mol. The maximum absolute atomic E-state index is 14.2. The second-order valence-electron chi connectivity index (χ2n) is 9.24. The van der Waals surface area contributed by atoms with Crippen molar-refractivity contribution >= 4 is 34.8 Å². The predicted octanol–water partition coefficient (Wildman–Crippen LogP) is 5.49. The third-order valence-corrected chi connectivity index (χ3v) is 6.76. The molecule has 0 aromatic heterocycles. The van der Waals surface area contributed by atoms with Gasteiger partial charge < -0.3 is 10.1 Å². The number of fused-ring (bicyclic) bond motifs is 1. The number of nitrogens with one attached hydrogen (secondary N) is 1.